The second kappa shape index (κ2) is 5.93. The minimum Gasteiger partial charge on any atom is -0.496 e. The fourth-order valence-corrected chi connectivity index (χ4v) is 2.92. The molecule has 3 heteroatoms. The van der Waals surface area contributed by atoms with Crippen molar-refractivity contribution in [3.63, 3.8) is 0 Å². The lowest BCUT2D eigenvalue weighted by Crippen LogP contribution is -2.42. The highest BCUT2D eigenvalue weighted by Gasteiger charge is 2.36. The second-order valence-electron chi connectivity index (χ2n) is 5.58. The fourth-order valence-electron chi connectivity index (χ4n) is 2.92. The molecule has 106 valence electrons. The number of rotatable bonds is 4. The normalized spacial score (nSPS) is 22.8. The van der Waals surface area contributed by atoms with Crippen molar-refractivity contribution in [2.45, 2.75) is 38.7 Å². The van der Waals surface area contributed by atoms with Gasteiger partial charge in [-0.3, -0.25) is 0 Å². The molecular formula is C16H25NO2. The number of benzene rings is 1. The molecule has 0 aromatic heterocycles. The lowest BCUT2D eigenvalue weighted by molar-refractivity contribution is -0.0174. The largest absolute Gasteiger partial charge is 0.496 e. The Morgan fingerprint density at radius 2 is 2.26 bits per heavy atom. The summed E-state index contributed by atoms with van der Waals surface area (Å²) in [7, 11) is 1.67. The Kier molecular flexibility index (Phi) is 4.48. The third-order valence-electron chi connectivity index (χ3n) is 4.31. The average Bonchev–Trinajstić information content (AvgIpc) is 2.47. The van der Waals surface area contributed by atoms with E-state index in [-0.39, 0.29) is 5.92 Å². The van der Waals surface area contributed by atoms with Crippen molar-refractivity contribution in [3.8, 4) is 5.75 Å². The first-order valence-corrected chi connectivity index (χ1v) is 7.20. The van der Waals surface area contributed by atoms with Crippen LogP contribution in [0.25, 0.3) is 0 Å². The maximum atomic E-state index is 11.0. The molecule has 0 spiro atoms. The van der Waals surface area contributed by atoms with E-state index < -0.39 is 5.60 Å². The van der Waals surface area contributed by atoms with E-state index >= 15 is 0 Å². The minimum absolute atomic E-state index is 0.238. The summed E-state index contributed by atoms with van der Waals surface area (Å²) < 4.78 is 5.44. The molecule has 0 radical (unpaired) electrons. The predicted molar refractivity (Wildman–Crippen MR) is 77.5 cm³/mol. The average molecular weight is 263 g/mol. The molecule has 1 aliphatic rings. The van der Waals surface area contributed by atoms with Gasteiger partial charge in [0.25, 0.3) is 0 Å². The summed E-state index contributed by atoms with van der Waals surface area (Å²) in [5.74, 6) is 1.02. The molecule has 2 unspecified atom stereocenters. The molecule has 1 fully saturated rings. The van der Waals surface area contributed by atoms with Crippen LogP contribution in [0.15, 0.2) is 18.2 Å². The van der Waals surface area contributed by atoms with Crippen molar-refractivity contribution in [1.82, 2.24) is 5.32 Å². The Morgan fingerprint density at radius 1 is 1.47 bits per heavy atom. The van der Waals surface area contributed by atoms with Gasteiger partial charge in [-0.1, -0.05) is 13.0 Å². The highest BCUT2D eigenvalue weighted by Crippen LogP contribution is 2.38. The number of aryl methyl sites for hydroxylation is 1. The first-order valence-electron chi connectivity index (χ1n) is 7.20. The zero-order valence-electron chi connectivity index (χ0n) is 12.2. The molecule has 2 atom stereocenters. The van der Waals surface area contributed by atoms with Crippen LogP contribution in [-0.4, -0.2) is 25.3 Å². The van der Waals surface area contributed by atoms with Gasteiger partial charge in [-0.05, 0) is 50.4 Å². The Labute approximate surface area is 116 Å². The first kappa shape index (κ1) is 14.4. The summed E-state index contributed by atoms with van der Waals surface area (Å²) >= 11 is 0. The Bertz CT molecular complexity index is 423. The summed E-state index contributed by atoms with van der Waals surface area (Å²) in [4.78, 5) is 0. The number of methoxy groups -OCH3 is 1. The molecule has 0 saturated carbocycles. The molecule has 3 nitrogen and oxygen atoms in total. The molecule has 0 bridgehead atoms. The van der Waals surface area contributed by atoms with Gasteiger partial charge in [0.05, 0.1) is 12.7 Å². The number of hydrogen-bond acceptors (Lipinski definition) is 3. The van der Waals surface area contributed by atoms with E-state index in [0.717, 1.165) is 43.7 Å². The first-order chi connectivity index (χ1) is 9.09. The van der Waals surface area contributed by atoms with Crippen molar-refractivity contribution in [1.29, 1.82) is 0 Å². The standard InChI is InChI=1S/C16H25NO2/c1-4-12-7-8-15(19-3)14(10-12)16(2,18)13-6-5-9-17-11-13/h7-8,10,13,17-18H,4-6,9,11H2,1-3H3. The molecule has 0 aliphatic carbocycles. The third kappa shape index (κ3) is 2.93. The van der Waals surface area contributed by atoms with Crippen LogP contribution < -0.4 is 10.1 Å². The van der Waals surface area contributed by atoms with Crippen LogP contribution >= 0.6 is 0 Å². The van der Waals surface area contributed by atoms with Gasteiger partial charge in [0.2, 0.25) is 0 Å². The molecule has 1 saturated heterocycles. The van der Waals surface area contributed by atoms with Crippen LogP contribution in [0.3, 0.4) is 0 Å². The monoisotopic (exact) mass is 263 g/mol. The Morgan fingerprint density at radius 3 is 2.84 bits per heavy atom. The molecule has 2 N–H and O–H groups in total. The quantitative estimate of drug-likeness (QED) is 0.877. The highest BCUT2D eigenvalue weighted by atomic mass is 16.5. The smallest absolute Gasteiger partial charge is 0.124 e. The van der Waals surface area contributed by atoms with Gasteiger partial charge < -0.3 is 15.2 Å². The Hall–Kier alpha value is -1.06. The van der Waals surface area contributed by atoms with E-state index in [1.165, 1.54) is 5.56 Å². The van der Waals surface area contributed by atoms with E-state index in [2.05, 4.69) is 24.4 Å². The van der Waals surface area contributed by atoms with Crippen LogP contribution in [0.1, 0.15) is 37.8 Å². The van der Waals surface area contributed by atoms with Crippen LogP contribution in [-0.2, 0) is 12.0 Å². The van der Waals surface area contributed by atoms with Crippen molar-refractivity contribution in [2.24, 2.45) is 5.92 Å². The molecule has 1 aromatic carbocycles. The van der Waals surface area contributed by atoms with Crippen LogP contribution in [0, 0.1) is 5.92 Å². The van der Waals surface area contributed by atoms with E-state index in [1.54, 1.807) is 7.11 Å². The molecular weight excluding hydrogens is 238 g/mol. The van der Waals surface area contributed by atoms with Gasteiger partial charge in [0, 0.05) is 18.0 Å². The Balaban J connectivity index is 2.36. The molecule has 1 heterocycles. The lowest BCUT2D eigenvalue weighted by atomic mass is 9.78. The van der Waals surface area contributed by atoms with E-state index in [1.807, 2.05) is 13.0 Å². The number of nitrogens with one attached hydrogen (secondary N) is 1. The van der Waals surface area contributed by atoms with Gasteiger partial charge in [-0.2, -0.15) is 0 Å². The summed E-state index contributed by atoms with van der Waals surface area (Å²) in [5.41, 5.74) is 1.31. The summed E-state index contributed by atoms with van der Waals surface area (Å²) in [5, 5.41) is 14.4. The molecule has 1 aromatic rings. The number of ether oxygens (including phenoxy) is 1. The van der Waals surface area contributed by atoms with Crippen molar-refractivity contribution in [2.75, 3.05) is 20.2 Å². The number of aliphatic hydroxyl groups is 1. The van der Waals surface area contributed by atoms with Crippen LogP contribution in [0.4, 0.5) is 0 Å². The minimum atomic E-state index is -0.843. The molecule has 0 amide bonds. The van der Waals surface area contributed by atoms with Crippen molar-refractivity contribution >= 4 is 0 Å². The maximum Gasteiger partial charge on any atom is 0.124 e. The zero-order chi connectivity index (χ0) is 13.9. The SMILES string of the molecule is CCc1ccc(OC)c(C(C)(O)C2CCCNC2)c1. The van der Waals surface area contributed by atoms with Gasteiger partial charge >= 0.3 is 0 Å². The van der Waals surface area contributed by atoms with Crippen LogP contribution in [0.2, 0.25) is 0 Å². The highest BCUT2D eigenvalue weighted by molar-refractivity contribution is 5.41. The van der Waals surface area contributed by atoms with E-state index in [0.29, 0.717) is 0 Å². The van der Waals surface area contributed by atoms with Crippen LogP contribution in [0.5, 0.6) is 5.75 Å². The maximum absolute atomic E-state index is 11.0. The van der Waals surface area contributed by atoms with E-state index in [4.69, 9.17) is 4.74 Å². The van der Waals surface area contributed by atoms with E-state index in [9.17, 15) is 5.11 Å². The summed E-state index contributed by atoms with van der Waals surface area (Å²) in [6.07, 6.45) is 3.14. The topological polar surface area (TPSA) is 41.5 Å². The zero-order valence-corrected chi connectivity index (χ0v) is 12.2. The fraction of sp³-hybridized carbons (Fsp3) is 0.625. The van der Waals surface area contributed by atoms with Crippen molar-refractivity contribution in [3.05, 3.63) is 29.3 Å². The molecule has 19 heavy (non-hydrogen) atoms. The second-order valence-corrected chi connectivity index (χ2v) is 5.58. The number of hydrogen-bond donors (Lipinski definition) is 2. The summed E-state index contributed by atoms with van der Waals surface area (Å²) in [6.45, 7) is 5.97. The van der Waals surface area contributed by atoms with Crippen molar-refractivity contribution < 1.29 is 9.84 Å². The van der Waals surface area contributed by atoms with Gasteiger partial charge in [0.15, 0.2) is 0 Å². The summed E-state index contributed by atoms with van der Waals surface area (Å²) in [6, 6.07) is 6.13. The third-order valence-corrected chi connectivity index (χ3v) is 4.31. The number of piperidine rings is 1. The predicted octanol–water partition coefficient (Wildman–Crippen LogP) is 2.46. The molecule has 2 rings (SSSR count). The lowest BCUT2D eigenvalue weighted by Gasteiger charge is -2.37. The van der Waals surface area contributed by atoms with Gasteiger partial charge in [0.1, 0.15) is 5.75 Å². The van der Waals surface area contributed by atoms with Gasteiger partial charge in [-0.25, -0.2) is 0 Å². The van der Waals surface area contributed by atoms with Gasteiger partial charge in [-0.15, -0.1) is 0 Å². The molecule has 1 aliphatic heterocycles.